The Morgan fingerprint density at radius 1 is 1.35 bits per heavy atom. The Balaban J connectivity index is 2.47. The highest BCUT2D eigenvalue weighted by Crippen LogP contribution is 2.33. The van der Waals surface area contributed by atoms with E-state index in [-0.39, 0.29) is 11.3 Å². The summed E-state index contributed by atoms with van der Waals surface area (Å²) >= 11 is 7.91. The van der Waals surface area contributed by atoms with Crippen molar-refractivity contribution in [1.82, 2.24) is 0 Å². The molecule has 88 valence electrons. The lowest BCUT2D eigenvalue weighted by molar-refractivity contribution is 0.103. The van der Waals surface area contributed by atoms with E-state index < -0.39 is 5.82 Å². The van der Waals surface area contributed by atoms with Crippen molar-refractivity contribution in [3.63, 3.8) is 0 Å². The summed E-state index contributed by atoms with van der Waals surface area (Å²) in [6.45, 7) is 1.65. The Bertz CT molecular complexity index is 573. The van der Waals surface area contributed by atoms with Crippen LogP contribution in [-0.4, -0.2) is 5.78 Å². The molecule has 0 amide bonds. The van der Waals surface area contributed by atoms with Crippen LogP contribution in [-0.2, 0) is 0 Å². The quantitative estimate of drug-likeness (QED) is 0.676. The van der Waals surface area contributed by atoms with E-state index >= 15 is 0 Å². The molecular weight excluding hydrogens is 371 g/mol. The normalized spacial score (nSPS) is 10.6. The first-order valence-corrected chi connectivity index (χ1v) is 7.15. The molecule has 0 radical (unpaired) electrons. The molecule has 1 nitrogen and oxygen atoms in total. The number of aryl methyl sites for hydroxylation is 1. The molecule has 0 atom stereocenters. The Hall–Kier alpha value is -0.520. The van der Waals surface area contributed by atoms with Gasteiger partial charge in [0.05, 0.1) is 14.2 Å². The first-order chi connectivity index (χ1) is 8.00. The molecule has 0 fully saturated rings. The lowest BCUT2D eigenvalue weighted by Gasteiger charge is -2.02. The largest absolute Gasteiger partial charge is 0.288 e. The highest BCUT2D eigenvalue weighted by molar-refractivity contribution is 9.13. The summed E-state index contributed by atoms with van der Waals surface area (Å²) in [7, 11) is 0. The van der Waals surface area contributed by atoms with E-state index in [0.29, 0.717) is 10.4 Å². The zero-order valence-corrected chi connectivity index (χ0v) is 12.7. The van der Waals surface area contributed by atoms with Gasteiger partial charge in [-0.05, 0) is 56.5 Å². The van der Waals surface area contributed by atoms with Crippen LogP contribution in [0.5, 0.6) is 0 Å². The maximum absolute atomic E-state index is 13.8. The molecule has 1 aromatic carbocycles. The molecule has 0 N–H and O–H groups in total. The number of hydrogen-bond acceptors (Lipinski definition) is 2. The minimum atomic E-state index is -0.446. The number of thiophene rings is 1. The molecule has 1 heterocycles. The van der Waals surface area contributed by atoms with Crippen LogP contribution in [0.25, 0.3) is 0 Å². The standard InChI is InChI=1S/C12H7Br2FOS/c1-6-3-2-4-7(10(6)15)11(16)9-5-8(13)12(14)17-9/h2-5H,1H3. The Morgan fingerprint density at radius 2 is 2.06 bits per heavy atom. The van der Waals surface area contributed by atoms with Gasteiger partial charge in [0.2, 0.25) is 5.78 Å². The fourth-order valence-electron chi connectivity index (χ4n) is 1.41. The Kier molecular flexibility index (Phi) is 3.80. The SMILES string of the molecule is Cc1cccc(C(=O)c2cc(Br)c(Br)s2)c1F. The van der Waals surface area contributed by atoms with Crippen molar-refractivity contribution in [3.8, 4) is 0 Å². The summed E-state index contributed by atoms with van der Waals surface area (Å²) in [5.41, 5.74) is 0.594. The number of carbonyl (C=O) groups excluding carboxylic acids is 1. The average molecular weight is 378 g/mol. The summed E-state index contributed by atoms with van der Waals surface area (Å²) < 4.78 is 15.4. The third-order valence-electron chi connectivity index (χ3n) is 2.31. The van der Waals surface area contributed by atoms with E-state index in [2.05, 4.69) is 31.9 Å². The van der Waals surface area contributed by atoms with Crippen LogP contribution < -0.4 is 0 Å². The van der Waals surface area contributed by atoms with Crippen LogP contribution in [0.4, 0.5) is 4.39 Å². The topological polar surface area (TPSA) is 17.1 Å². The fraction of sp³-hybridized carbons (Fsp3) is 0.0833. The highest BCUT2D eigenvalue weighted by Gasteiger charge is 2.18. The van der Waals surface area contributed by atoms with E-state index in [1.807, 2.05) is 0 Å². The van der Waals surface area contributed by atoms with E-state index in [4.69, 9.17) is 0 Å². The van der Waals surface area contributed by atoms with Crippen molar-refractivity contribution < 1.29 is 9.18 Å². The molecule has 1 aromatic heterocycles. The predicted octanol–water partition coefficient (Wildman–Crippen LogP) is 4.95. The van der Waals surface area contributed by atoms with Gasteiger partial charge in [0.1, 0.15) is 5.82 Å². The van der Waals surface area contributed by atoms with Crippen LogP contribution in [0.2, 0.25) is 0 Å². The van der Waals surface area contributed by atoms with Crippen LogP contribution in [0.15, 0.2) is 32.5 Å². The molecule has 0 aliphatic heterocycles. The van der Waals surface area contributed by atoms with Gasteiger partial charge >= 0.3 is 0 Å². The summed E-state index contributed by atoms with van der Waals surface area (Å²) in [4.78, 5) is 12.6. The van der Waals surface area contributed by atoms with Gasteiger partial charge < -0.3 is 0 Å². The molecule has 2 aromatic rings. The number of hydrogen-bond donors (Lipinski definition) is 0. The van der Waals surface area contributed by atoms with E-state index in [1.54, 1.807) is 25.1 Å². The molecule has 0 aliphatic carbocycles. The molecular formula is C12H7Br2FOS. The summed E-state index contributed by atoms with van der Waals surface area (Å²) in [5, 5.41) is 0. The van der Waals surface area contributed by atoms with Gasteiger partial charge in [0, 0.05) is 4.47 Å². The molecule has 17 heavy (non-hydrogen) atoms. The second kappa shape index (κ2) is 5.00. The number of rotatable bonds is 2. The lowest BCUT2D eigenvalue weighted by Crippen LogP contribution is -2.03. The van der Waals surface area contributed by atoms with Crippen molar-refractivity contribution >= 4 is 49.0 Å². The number of benzene rings is 1. The lowest BCUT2D eigenvalue weighted by atomic mass is 10.1. The third-order valence-corrected chi connectivity index (χ3v) is 5.56. The van der Waals surface area contributed by atoms with Crippen LogP contribution in [0.3, 0.4) is 0 Å². The number of halogens is 3. The predicted molar refractivity (Wildman–Crippen MR) is 74.3 cm³/mol. The fourth-order valence-corrected chi connectivity index (χ4v) is 3.40. The second-order valence-corrected chi connectivity index (χ2v) is 6.72. The third kappa shape index (κ3) is 2.51. The van der Waals surface area contributed by atoms with Gasteiger partial charge in [0.15, 0.2) is 0 Å². The minimum Gasteiger partial charge on any atom is -0.288 e. The maximum atomic E-state index is 13.8. The molecule has 0 saturated carbocycles. The maximum Gasteiger partial charge on any atom is 0.205 e. The average Bonchev–Trinajstić information content (AvgIpc) is 2.62. The van der Waals surface area contributed by atoms with E-state index in [0.717, 1.165) is 8.26 Å². The van der Waals surface area contributed by atoms with Crippen molar-refractivity contribution in [1.29, 1.82) is 0 Å². The van der Waals surface area contributed by atoms with Gasteiger partial charge in [0.25, 0.3) is 0 Å². The molecule has 2 rings (SSSR count). The zero-order chi connectivity index (χ0) is 12.6. The number of carbonyl (C=O) groups is 1. The summed E-state index contributed by atoms with van der Waals surface area (Å²) in [6, 6.07) is 6.53. The first-order valence-electron chi connectivity index (χ1n) is 4.75. The summed E-state index contributed by atoms with van der Waals surface area (Å²) in [6.07, 6.45) is 0. The van der Waals surface area contributed by atoms with Crippen LogP contribution >= 0.6 is 43.2 Å². The molecule has 0 spiro atoms. The molecule has 0 bridgehead atoms. The smallest absolute Gasteiger partial charge is 0.205 e. The van der Waals surface area contributed by atoms with E-state index in [9.17, 15) is 9.18 Å². The summed E-state index contributed by atoms with van der Waals surface area (Å²) in [5.74, 6) is -0.735. The van der Waals surface area contributed by atoms with E-state index in [1.165, 1.54) is 17.4 Å². The van der Waals surface area contributed by atoms with Crippen molar-refractivity contribution in [2.24, 2.45) is 0 Å². The highest BCUT2D eigenvalue weighted by atomic mass is 79.9. The van der Waals surface area contributed by atoms with Gasteiger partial charge in [-0.2, -0.15) is 0 Å². The second-order valence-electron chi connectivity index (χ2n) is 3.50. The van der Waals surface area contributed by atoms with Crippen LogP contribution in [0.1, 0.15) is 20.8 Å². The number of ketones is 1. The molecule has 0 aliphatic rings. The molecule has 0 saturated heterocycles. The van der Waals surface area contributed by atoms with Gasteiger partial charge in [-0.3, -0.25) is 4.79 Å². The molecule has 0 unspecified atom stereocenters. The first kappa shape index (κ1) is 12.9. The Morgan fingerprint density at radius 3 is 2.65 bits per heavy atom. The Labute approximate surface area is 119 Å². The minimum absolute atomic E-state index is 0.117. The van der Waals surface area contributed by atoms with Gasteiger partial charge in [-0.25, -0.2) is 4.39 Å². The van der Waals surface area contributed by atoms with Crippen molar-refractivity contribution in [2.75, 3.05) is 0 Å². The van der Waals surface area contributed by atoms with Crippen molar-refractivity contribution in [3.05, 3.63) is 54.3 Å². The van der Waals surface area contributed by atoms with Gasteiger partial charge in [-0.1, -0.05) is 12.1 Å². The van der Waals surface area contributed by atoms with Crippen molar-refractivity contribution in [2.45, 2.75) is 6.92 Å². The van der Waals surface area contributed by atoms with Crippen LogP contribution in [0, 0.1) is 12.7 Å². The zero-order valence-electron chi connectivity index (χ0n) is 8.76. The van der Waals surface area contributed by atoms with Gasteiger partial charge in [-0.15, -0.1) is 11.3 Å². The monoisotopic (exact) mass is 376 g/mol. The molecule has 5 heteroatoms.